The summed E-state index contributed by atoms with van der Waals surface area (Å²) in [4.78, 5) is -0.221. The van der Waals surface area contributed by atoms with Crippen LogP contribution in [0.25, 0.3) is 0 Å². The highest BCUT2D eigenvalue weighted by Gasteiger charge is 2.43. The van der Waals surface area contributed by atoms with Crippen molar-refractivity contribution >= 4 is 34.3 Å². The van der Waals surface area contributed by atoms with Gasteiger partial charge in [0.05, 0.1) is 28.0 Å². The Kier molecular flexibility index (Phi) is 6.82. The van der Waals surface area contributed by atoms with Gasteiger partial charge < -0.3 is 9.53 Å². The predicted octanol–water partition coefficient (Wildman–Crippen LogP) is 3.73. The molecule has 0 amide bonds. The normalized spacial score (nSPS) is 27.0. The minimum atomic E-state index is -3.72. The van der Waals surface area contributed by atoms with E-state index in [0.717, 1.165) is 5.56 Å². The lowest BCUT2D eigenvalue weighted by molar-refractivity contribution is 0.0961. The van der Waals surface area contributed by atoms with Gasteiger partial charge in [-0.05, 0) is 37.2 Å². The zero-order chi connectivity index (χ0) is 20.6. The Morgan fingerprint density at radius 3 is 2.22 bits per heavy atom. The van der Waals surface area contributed by atoms with E-state index >= 15 is 0 Å². The molecule has 5 nitrogen and oxygen atoms in total. The van der Waals surface area contributed by atoms with Crippen LogP contribution in [0.5, 0.6) is 0 Å². The summed E-state index contributed by atoms with van der Waals surface area (Å²) in [6.45, 7) is 12.7. The number of aliphatic hydroxyl groups is 1. The van der Waals surface area contributed by atoms with Crippen LogP contribution >= 0.6 is 15.9 Å². The number of rotatable bonds is 5. The third kappa shape index (κ3) is 5.30. The van der Waals surface area contributed by atoms with E-state index in [9.17, 15) is 13.5 Å². The van der Waals surface area contributed by atoms with E-state index < -0.39 is 35.3 Å². The number of benzene rings is 1. The summed E-state index contributed by atoms with van der Waals surface area (Å²) >= 11 is 3.51. The molecule has 0 heterocycles. The molecule has 0 aliphatic heterocycles. The first kappa shape index (κ1) is 22.8. The van der Waals surface area contributed by atoms with Crippen molar-refractivity contribution in [2.45, 2.75) is 73.8 Å². The maximum Gasteiger partial charge on any atom is 0.241 e. The summed E-state index contributed by atoms with van der Waals surface area (Å²) in [7, 11) is -5.74. The van der Waals surface area contributed by atoms with Gasteiger partial charge in [0.2, 0.25) is 10.0 Å². The minimum Gasteiger partial charge on any atom is -0.409 e. The Hall–Kier alpha value is -0.513. The van der Waals surface area contributed by atoms with Crippen LogP contribution in [0.3, 0.4) is 0 Å². The molecular formula is C19H30BrNO4SSi. The van der Waals surface area contributed by atoms with Crippen molar-refractivity contribution in [2.75, 3.05) is 0 Å². The van der Waals surface area contributed by atoms with Gasteiger partial charge in [-0.2, -0.15) is 0 Å². The highest BCUT2D eigenvalue weighted by Crippen LogP contribution is 2.39. The quantitative estimate of drug-likeness (QED) is 0.386. The van der Waals surface area contributed by atoms with Crippen LogP contribution in [0.15, 0.2) is 41.3 Å². The first-order valence-corrected chi connectivity index (χ1v) is 14.3. The number of halogens is 1. The number of aryl methyl sites for hydroxylation is 1. The lowest BCUT2D eigenvalue weighted by Gasteiger charge is -2.42. The van der Waals surface area contributed by atoms with Crippen molar-refractivity contribution in [3.05, 3.63) is 42.0 Å². The fraction of sp³-hybridized carbons (Fsp3) is 0.579. The van der Waals surface area contributed by atoms with Crippen molar-refractivity contribution < 1.29 is 18.0 Å². The maximum absolute atomic E-state index is 12.6. The van der Waals surface area contributed by atoms with Gasteiger partial charge in [-0.3, -0.25) is 0 Å². The van der Waals surface area contributed by atoms with Crippen molar-refractivity contribution in [1.29, 1.82) is 0 Å². The zero-order valence-corrected chi connectivity index (χ0v) is 20.1. The van der Waals surface area contributed by atoms with Crippen LogP contribution in [0.2, 0.25) is 18.1 Å². The van der Waals surface area contributed by atoms with Crippen LogP contribution in [-0.2, 0) is 14.4 Å². The van der Waals surface area contributed by atoms with Crippen LogP contribution in [-0.4, -0.2) is 44.9 Å². The monoisotopic (exact) mass is 475 g/mol. The molecule has 0 radical (unpaired) electrons. The summed E-state index contributed by atoms with van der Waals surface area (Å²) in [5, 5.41) is 10.7. The first-order valence-electron chi connectivity index (χ1n) is 9.02. The summed E-state index contributed by atoms with van der Waals surface area (Å²) in [5.41, 5.74) is 0.984. The predicted molar refractivity (Wildman–Crippen MR) is 115 cm³/mol. The van der Waals surface area contributed by atoms with Crippen molar-refractivity contribution in [3.8, 4) is 0 Å². The molecule has 8 heteroatoms. The highest BCUT2D eigenvalue weighted by molar-refractivity contribution is 9.09. The van der Waals surface area contributed by atoms with Crippen LogP contribution in [0.1, 0.15) is 26.3 Å². The summed E-state index contributed by atoms with van der Waals surface area (Å²) in [6, 6.07) is 5.90. The minimum absolute atomic E-state index is 0.0440. The molecule has 1 aromatic carbocycles. The van der Waals surface area contributed by atoms with Crippen LogP contribution < -0.4 is 4.72 Å². The Balaban J connectivity index is 2.16. The van der Waals surface area contributed by atoms with E-state index in [-0.39, 0.29) is 16.0 Å². The van der Waals surface area contributed by atoms with Crippen LogP contribution in [0, 0.1) is 6.92 Å². The second-order valence-corrected chi connectivity index (χ2v) is 16.2. The molecule has 4 atom stereocenters. The van der Waals surface area contributed by atoms with Gasteiger partial charge in [-0.1, -0.05) is 66.5 Å². The average molecular weight is 477 g/mol. The lowest BCUT2D eigenvalue weighted by atomic mass is 9.98. The Labute approximate surface area is 172 Å². The van der Waals surface area contributed by atoms with E-state index in [1.807, 2.05) is 13.0 Å². The molecule has 1 aliphatic rings. The molecule has 0 unspecified atom stereocenters. The van der Waals surface area contributed by atoms with Crippen molar-refractivity contribution in [1.82, 2.24) is 4.72 Å². The number of hydrogen-bond donors (Lipinski definition) is 2. The fourth-order valence-electron chi connectivity index (χ4n) is 2.54. The number of hydrogen-bond acceptors (Lipinski definition) is 4. The number of alkyl halides is 1. The van der Waals surface area contributed by atoms with E-state index in [0.29, 0.717) is 0 Å². The van der Waals surface area contributed by atoms with Crippen molar-refractivity contribution in [3.63, 3.8) is 0 Å². The molecule has 1 aliphatic carbocycles. The molecule has 0 aromatic heterocycles. The molecule has 27 heavy (non-hydrogen) atoms. The molecular weight excluding hydrogens is 446 g/mol. The third-order valence-electron chi connectivity index (χ3n) is 5.38. The smallest absolute Gasteiger partial charge is 0.241 e. The molecule has 2 N–H and O–H groups in total. The van der Waals surface area contributed by atoms with Gasteiger partial charge >= 0.3 is 0 Å². The molecule has 0 spiro atoms. The van der Waals surface area contributed by atoms with Gasteiger partial charge in [0.15, 0.2) is 8.32 Å². The fourth-order valence-corrected chi connectivity index (χ4v) is 5.81. The first-order chi connectivity index (χ1) is 12.2. The number of nitrogens with one attached hydrogen (secondary N) is 1. The van der Waals surface area contributed by atoms with Crippen LogP contribution in [0.4, 0.5) is 0 Å². The standard InChI is InChI=1S/C19H30BrNO4SSi/c1-13-7-9-14(10-8-13)26(23,24)21-15-11-12-16(17(20)18(15)22)25-27(5,6)19(2,3)4/h7-12,15-18,21-22H,1-6H3/t15-,16+,17-,18+/m1/s1. The topological polar surface area (TPSA) is 75.6 Å². The molecule has 0 saturated carbocycles. The van der Waals surface area contributed by atoms with Gasteiger partial charge in [0, 0.05) is 0 Å². The number of aliphatic hydroxyl groups excluding tert-OH is 1. The molecule has 152 valence electrons. The maximum atomic E-state index is 12.6. The second kappa shape index (κ2) is 8.08. The van der Waals surface area contributed by atoms with E-state index in [4.69, 9.17) is 4.43 Å². The Bertz CT molecular complexity index is 787. The van der Waals surface area contributed by atoms with Crippen molar-refractivity contribution in [2.24, 2.45) is 0 Å². The number of sulfonamides is 1. The summed E-state index contributed by atoms with van der Waals surface area (Å²) in [6.07, 6.45) is 2.28. The SMILES string of the molecule is Cc1ccc(S(=O)(=O)N[C@@H]2C=C[C@H](O[Si](C)(C)C(C)(C)C)[C@@H](Br)[C@H]2O)cc1. The van der Waals surface area contributed by atoms with E-state index in [2.05, 4.69) is 54.5 Å². The largest absolute Gasteiger partial charge is 0.409 e. The van der Waals surface area contributed by atoms with Gasteiger partial charge in [-0.15, -0.1) is 0 Å². The molecule has 1 aromatic rings. The van der Waals surface area contributed by atoms with Gasteiger partial charge in [0.25, 0.3) is 0 Å². The second-order valence-electron chi connectivity index (χ2n) is 8.62. The van der Waals surface area contributed by atoms with E-state index in [1.165, 1.54) is 0 Å². The Morgan fingerprint density at radius 1 is 1.15 bits per heavy atom. The molecule has 0 bridgehead atoms. The summed E-state index contributed by atoms with van der Waals surface area (Å²) < 4.78 is 34.2. The molecule has 2 rings (SSSR count). The highest BCUT2D eigenvalue weighted by atomic mass is 79.9. The third-order valence-corrected chi connectivity index (χ3v) is 12.4. The zero-order valence-electron chi connectivity index (χ0n) is 16.7. The van der Waals surface area contributed by atoms with Gasteiger partial charge in [-0.25, -0.2) is 13.1 Å². The van der Waals surface area contributed by atoms with E-state index in [1.54, 1.807) is 30.3 Å². The molecule has 0 fully saturated rings. The average Bonchev–Trinajstić information content (AvgIpc) is 2.54. The Morgan fingerprint density at radius 2 is 1.70 bits per heavy atom. The summed E-state index contributed by atoms with van der Waals surface area (Å²) in [5.74, 6) is 0. The molecule has 0 saturated heterocycles. The van der Waals surface area contributed by atoms with Gasteiger partial charge in [0.1, 0.15) is 0 Å². The lowest BCUT2D eigenvalue weighted by Crippen LogP contribution is -2.54.